The van der Waals surface area contributed by atoms with Gasteiger partial charge >= 0.3 is 0 Å². The number of anilines is 1. The van der Waals surface area contributed by atoms with E-state index in [2.05, 4.69) is 15.0 Å². The number of nitrogens with zero attached hydrogens (tertiary/aromatic N) is 3. The molecule has 2 heterocycles. The Bertz CT molecular complexity index is 999. The van der Waals surface area contributed by atoms with Crippen LogP contribution in [-0.4, -0.2) is 21.2 Å². The Balaban J connectivity index is 1.93. The fourth-order valence-corrected chi connectivity index (χ4v) is 3.04. The average Bonchev–Trinajstić information content (AvgIpc) is 2.67. The van der Waals surface area contributed by atoms with Crippen molar-refractivity contribution < 1.29 is 13.9 Å². The summed E-state index contributed by atoms with van der Waals surface area (Å²) < 4.78 is 19.5. The predicted octanol–water partition coefficient (Wildman–Crippen LogP) is 4.52. The van der Waals surface area contributed by atoms with E-state index >= 15 is 0 Å². The van der Waals surface area contributed by atoms with Crippen LogP contribution >= 0.6 is 23.2 Å². The third kappa shape index (κ3) is 3.99. The first-order valence-corrected chi connectivity index (χ1v) is 8.50. The van der Waals surface area contributed by atoms with Crippen LogP contribution in [0.15, 0.2) is 36.7 Å². The molecule has 0 fully saturated rings. The lowest BCUT2D eigenvalue weighted by Gasteiger charge is -2.18. The van der Waals surface area contributed by atoms with E-state index in [1.807, 2.05) is 0 Å². The first-order valence-electron chi connectivity index (χ1n) is 7.75. The lowest BCUT2D eigenvalue weighted by Crippen LogP contribution is -2.09. The molecule has 6 nitrogen and oxygen atoms in total. The van der Waals surface area contributed by atoms with Crippen molar-refractivity contribution in [1.29, 1.82) is 0 Å². The highest BCUT2D eigenvalue weighted by atomic mass is 35.5. The van der Waals surface area contributed by atoms with Crippen LogP contribution in [0.1, 0.15) is 28.9 Å². The van der Waals surface area contributed by atoms with Crippen LogP contribution in [0.4, 0.5) is 10.2 Å². The summed E-state index contributed by atoms with van der Waals surface area (Å²) in [5.74, 6) is -0.546. The minimum atomic E-state index is -0.738. The molecule has 0 aliphatic carbocycles. The Labute approximate surface area is 164 Å². The number of benzene rings is 1. The van der Waals surface area contributed by atoms with Gasteiger partial charge in [0.15, 0.2) is 12.1 Å². The molecule has 0 saturated heterocycles. The first kappa shape index (κ1) is 19.0. The number of hydrogen-bond donors (Lipinski definition) is 1. The SMILES string of the molecule is CC(Oc1nc(-c2ccc(C=O)cn2)cnc1N)c1c(Cl)ccc(F)c1Cl. The van der Waals surface area contributed by atoms with Crippen LogP contribution in [0.25, 0.3) is 11.4 Å². The monoisotopic (exact) mass is 406 g/mol. The molecule has 1 aromatic carbocycles. The summed E-state index contributed by atoms with van der Waals surface area (Å²) in [6.07, 6.45) is 2.79. The Morgan fingerprint density at radius 1 is 1.15 bits per heavy atom. The van der Waals surface area contributed by atoms with Crippen molar-refractivity contribution in [2.24, 2.45) is 0 Å². The average molecular weight is 407 g/mol. The standard InChI is InChI=1S/C18H13Cl2FN4O2/c1-9(15-11(19)3-4-12(21)16(15)20)27-18-17(22)24-7-14(25-18)13-5-2-10(8-26)6-23-13/h2-9H,1H3,(H2,22,24). The summed E-state index contributed by atoms with van der Waals surface area (Å²) in [4.78, 5) is 23.2. The van der Waals surface area contributed by atoms with Crippen LogP contribution < -0.4 is 10.5 Å². The number of rotatable bonds is 5. The molecule has 9 heteroatoms. The number of carbonyl (C=O) groups is 1. The highest BCUT2D eigenvalue weighted by molar-refractivity contribution is 6.36. The largest absolute Gasteiger partial charge is 0.467 e. The zero-order chi connectivity index (χ0) is 19.6. The van der Waals surface area contributed by atoms with Gasteiger partial charge in [-0.15, -0.1) is 0 Å². The molecule has 0 aliphatic rings. The Kier molecular flexibility index (Phi) is 5.53. The number of aromatic nitrogens is 3. The lowest BCUT2D eigenvalue weighted by atomic mass is 10.1. The van der Waals surface area contributed by atoms with Gasteiger partial charge in [-0.05, 0) is 31.2 Å². The lowest BCUT2D eigenvalue weighted by molar-refractivity contribution is 0.112. The normalized spacial score (nSPS) is 11.9. The predicted molar refractivity (Wildman–Crippen MR) is 101 cm³/mol. The van der Waals surface area contributed by atoms with Gasteiger partial charge in [-0.25, -0.2) is 14.4 Å². The maximum absolute atomic E-state index is 13.8. The van der Waals surface area contributed by atoms with Gasteiger partial charge in [0.2, 0.25) is 0 Å². The summed E-state index contributed by atoms with van der Waals surface area (Å²) in [6.45, 7) is 1.64. The van der Waals surface area contributed by atoms with Gasteiger partial charge in [-0.2, -0.15) is 0 Å². The highest BCUT2D eigenvalue weighted by Crippen LogP contribution is 2.35. The minimum Gasteiger partial charge on any atom is -0.467 e. The molecule has 2 N–H and O–H groups in total. The molecular weight excluding hydrogens is 394 g/mol. The summed E-state index contributed by atoms with van der Waals surface area (Å²) in [5.41, 5.74) is 7.42. The van der Waals surface area contributed by atoms with Gasteiger partial charge in [-0.1, -0.05) is 23.2 Å². The second-order valence-corrected chi connectivity index (χ2v) is 6.34. The van der Waals surface area contributed by atoms with Gasteiger partial charge in [0, 0.05) is 22.3 Å². The van der Waals surface area contributed by atoms with Crippen LogP contribution in [0, 0.1) is 5.82 Å². The van der Waals surface area contributed by atoms with Crippen LogP contribution in [0.5, 0.6) is 5.88 Å². The Morgan fingerprint density at radius 2 is 1.93 bits per heavy atom. The van der Waals surface area contributed by atoms with Crippen molar-refractivity contribution in [3.63, 3.8) is 0 Å². The zero-order valence-corrected chi connectivity index (χ0v) is 15.5. The van der Waals surface area contributed by atoms with E-state index < -0.39 is 11.9 Å². The Morgan fingerprint density at radius 3 is 2.59 bits per heavy atom. The van der Waals surface area contributed by atoms with Gasteiger partial charge < -0.3 is 10.5 Å². The van der Waals surface area contributed by atoms with Crippen molar-refractivity contribution >= 4 is 35.3 Å². The van der Waals surface area contributed by atoms with E-state index in [-0.39, 0.29) is 27.3 Å². The van der Waals surface area contributed by atoms with E-state index in [1.54, 1.807) is 19.1 Å². The van der Waals surface area contributed by atoms with Crippen molar-refractivity contribution in [2.75, 3.05) is 5.73 Å². The topological polar surface area (TPSA) is 91.0 Å². The number of nitrogens with two attached hydrogens (primary N) is 1. The summed E-state index contributed by atoms with van der Waals surface area (Å²) >= 11 is 12.1. The second kappa shape index (κ2) is 7.85. The van der Waals surface area contributed by atoms with E-state index in [0.717, 1.165) is 0 Å². The number of aldehydes is 1. The molecule has 2 aromatic heterocycles. The number of hydrogen-bond acceptors (Lipinski definition) is 6. The molecule has 27 heavy (non-hydrogen) atoms. The van der Waals surface area contributed by atoms with Gasteiger partial charge in [-0.3, -0.25) is 9.78 Å². The third-order valence-corrected chi connectivity index (χ3v) is 4.44. The number of ether oxygens (including phenoxy) is 1. The summed E-state index contributed by atoms with van der Waals surface area (Å²) in [5, 5.41) is 0.117. The van der Waals surface area contributed by atoms with E-state index in [9.17, 15) is 9.18 Å². The minimum absolute atomic E-state index is 0.0256. The van der Waals surface area contributed by atoms with Crippen molar-refractivity contribution in [3.05, 3.63) is 63.6 Å². The molecule has 0 bridgehead atoms. The molecule has 0 radical (unpaired) electrons. The zero-order valence-electron chi connectivity index (χ0n) is 14.0. The fraction of sp³-hybridized carbons (Fsp3) is 0.111. The summed E-state index contributed by atoms with van der Waals surface area (Å²) in [7, 11) is 0. The fourth-order valence-electron chi connectivity index (χ4n) is 2.36. The molecule has 138 valence electrons. The third-order valence-electron chi connectivity index (χ3n) is 3.73. The van der Waals surface area contributed by atoms with E-state index in [1.165, 1.54) is 24.5 Å². The maximum atomic E-state index is 13.8. The number of halogens is 3. The van der Waals surface area contributed by atoms with Crippen LogP contribution in [0.3, 0.4) is 0 Å². The Hall–Kier alpha value is -2.77. The number of carbonyl (C=O) groups excluding carboxylic acids is 1. The summed E-state index contributed by atoms with van der Waals surface area (Å²) in [6, 6.07) is 5.78. The highest BCUT2D eigenvalue weighted by Gasteiger charge is 2.20. The molecule has 0 saturated carbocycles. The van der Waals surface area contributed by atoms with Crippen molar-refractivity contribution in [3.8, 4) is 17.3 Å². The molecule has 3 aromatic rings. The number of nitrogen functional groups attached to an aromatic ring is 1. The van der Waals surface area contributed by atoms with Gasteiger partial charge in [0.05, 0.1) is 16.9 Å². The quantitative estimate of drug-likeness (QED) is 0.494. The first-order chi connectivity index (χ1) is 12.9. The smallest absolute Gasteiger partial charge is 0.258 e. The molecule has 3 rings (SSSR count). The van der Waals surface area contributed by atoms with E-state index in [4.69, 9.17) is 33.7 Å². The maximum Gasteiger partial charge on any atom is 0.258 e. The van der Waals surface area contributed by atoms with Crippen LogP contribution in [-0.2, 0) is 0 Å². The van der Waals surface area contributed by atoms with Crippen molar-refractivity contribution in [2.45, 2.75) is 13.0 Å². The molecule has 1 unspecified atom stereocenters. The second-order valence-electron chi connectivity index (χ2n) is 5.56. The van der Waals surface area contributed by atoms with Crippen LogP contribution in [0.2, 0.25) is 10.0 Å². The van der Waals surface area contributed by atoms with Crippen molar-refractivity contribution in [1.82, 2.24) is 15.0 Å². The molecule has 0 spiro atoms. The molecule has 0 aliphatic heterocycles. The molecule has 0 amide bonds. The van der Waals surface area contributed by atoms with Gasteiger partial charge in [0.1, 0.15) is 17.6 Å². The molecular formula is C18H13Cl2FN4O2. The van der Waals surface area contributed by atoms with E-state index in [0.29, 0.717) is 23.2 Å². The molecule has 1 atom stereocenters. The number of pyridine rings is 1. The van der Waals surface area contributed by atoms with Gasteiger partial charge in [0.25, 0.3) is 5.88 Å².